The van der Waals surface area contributed by atoms with Crippen molar-refractivity contribution in [2.45, 2.75) is 38.1 Å². The monoisotopic (exact) mass is 240 g/mol. The van der Waals surface area contributed by atoms with Crippen LogP contribution in [0, 0.1) is 11.8 Å². The fraction of sp³-hybridized carbons (Fsp3) is 0.923. The molecule has 1 saturated heterocycles. The number of hydrogen-bond donors (Lipinski definition) is 1. The molecule has 1 saturated carbocycles. The van der Waals surface area contributed by atoms with E-state index in [1.807, 2.05) is 4.90 Å². The molecule has 1 amide bonds. The quantitative estimate of drug-likeness (QED) is 0.780. The molecule has 2 rings (SSSR count). The van der Waals surface area contributed by atoms with Gasteiger partial charge in [-0.05, 0) is 37.5 Å². The van der Waals surface area contributed by atoms with E-state index in [1.54, 1.807) is 7.11 Å². The largest absolute Gasteiger partial charge is 0.384 e. The maximum Gasteiger partial charge on any atom is 0.224 e. The van der Waals surface area contributed by atoms with Gasteiger partial charge in [0.25, 0.3) is 0 Å². The maximum absolute atomic E-state index is 12.0. The van der Waals surface area contributed by atoms with Gasteiger partial charge in [0, 0.05) is 39.3 Å². The summed E-state index contributed by atoms with van der Waals surface area (Å²) < 4.78 is 5.16. The number of rotatable bonds is 5. The van der Waals surface area contributed by atoms with E-state index in [-0.39, 0.29) is 11.9 Å². The molecule has 1 aliphatic carbocycles. The summed E-state index contributed by atoms with van der Waals surface area (Å²) in [6.07, 6.45) is 5.10. The molecule has 0 aromatic heterocycles. The predicted molar refractivity (Wildman–Crippen MR) is 66.5 cm³/mol. The molecule has 0 spiro atoms. The van der Waals surface area contributed by atoms with E-state index in [9.17, 15) is 4.79 Å². The smallest absolute Gasteiger partial charge is 0.224 e. The third-order valence-electron chi connectivity index (χ3n) is 4.01. The highest BCUT2D eigenvalue weighted by Gasteiger charge is 2.31. The lowest BCUT2D eigenvalue weighted by Crippen LogP contribution is -2.42. The van der Waals surface area contributed by atoms with Crippen molar-refractivity contribution in [2.24, 2.45) is 17.6 Å². The fourth-order valence-corrected chi connectivity index (χ4v) is 2.61. The fourth-order valence-electron chi connectivity index (χ4n) is 2.61. The zero-order valence-corrected chi connectivity index (χ0v) is 10.7. The van der Waals surface area contributed by atoms with Gasteiger partial charge in [0.2, 0.25) is 5.91 Å². The van der Waals surface area contributed by atoms with Gasteiger partial charge >= 0.3 is 0 Å². The molecule has 2 fully saturated rings. The van der Waals surface area contributed by atoms with Crippen LogP contribution in [0.3, 0.4) is 0 Å². The standard InChI is InChI=1S/C13H24N2O2/c1-17-9-10-4-6-15(7-5-10)13(16)8-12(14)11-2-3-11/h10-12H,2-9,14H2,1H3. The summed E-state index contributed by atoms with van der Waals surface area (Å²) in [4.78, 5) is 14.0. The Morgan fingerprint density at radius 1 is 1.35 bits per heavy atom. The minimum Gasteiger partial charge on any atom is -0.384 e. The Morgan fingerprint density at radius 2 is 2.00 bits per heavy atom. The molecule has 4 nitrogen and oxygen atoms in total. The Balaban J connectivity index is 1.70. The molecule has 0 radical (unpaired) electrons. The minimum atomic E-state index is 0.0965. The number of piperidine rings is 1. The summed E-state index contributed by atoms with van der Waals surface area (Å²) in [6.45, 7) is 2.58. The molecule has 0 aromatic rings. The van der Waals surface area contributed by atoms with Crippen molar-refractivity contribution in [3.8, 4) is 0 Å². The summed E-state index contributed by atoms with van der Waals surface area (Å²) in [5, 5.41) is 0. The van der Waals surface area contributed by atoms with Crippen molar-refractivity contribution in [3.63, 3.8) is 0 Å². The Kier molecular flexibility index (Phi) is 4.40. The van der Waals surface area contributed by atoms with Gasteiger partial charge in [0.15, 0.2) is 0 Å². The van der Waals surface area contributed by atoms with Crippen LogP contribution in [0.25, 0.3) is 0 Å². The number of hydrogen-bond acceptors (Lipinski definition) is 3. The molecule has 2 aliphatic rings. The summed E-state index contributed by atoms with van der Waals surface area (Å²) >= 11 is 0. The molecule has 2 N–H and O–H groups in total. The highest BCUT2D eigenvalue weighted by atomic mass is 16.5. The first-order chi connectivity index (χ1) is 8.20. The van der Waals surface area contributed by atoms with E-state index in [2.05, 4.69) is 0 Å². The van der Waals surface area contributed by atoms with Crippen molar-refractivity contribution >= 4 is 5.91 Å². The van der Waals surface area contributed by atoms with Crippen molar-refractivity contribution < 1.29 is 9.53 Å². The van der Waals surface area contributed by atoms with Gasteiger partial charge in [-0.25, -0.2) is 0 Å². The van der Waals surface area contributed by atoms with Crippen molar-refractivity contribution in [1.82, 2.24) is 4.90 Å². The van der Waals surface area contributed by atoms with Gasteiger partial charge in [0.1, 0.15) is 0 Å². The van der Waals surface area contributed by atoms with E-state index >= 15 is 0 Å². The third kappa shape index (κ3) is 3.68. The average molecular weight is 240 g/mol. The summed E-state index contributed by atoms with van der Waals surface area (Å²) in [5.74, 6) is 1.49. The number of methoxy groups -OCH3 is 1. The van der Waals surface area contributed by atoms with E-state index < -0.39 is 0 Å². The maximum atomic E-state index is 12.0. The van der Waals surface area contributed by atoms with Crippen molar-refractivity contribution in [3.05, 3.63) is 0 Å². The highest BCUT2D eigenvalue weighted by molar-refractivity contribution is 5.77. The number of carbonyl (C=O) groups excluding carboxylic acids is 1. The van der Waals surface area contributed by atoms with Gasteiger partial charge < -0.3 is 15.4 Å². The van der Waals surface area contributed by atoms with Crippen LogP contribution in [-0.4, -0.2) is 43.7 Å². The Morgan fingerprint density at radius 3 is 2.53 bits per heavy atom. The number of amides is 1. The first-order valence-electron chi connectivity index (χ1n) is 6.73. The summed E-state index contributed by atoms with van der Waals surface area (Å²) in [7, 11) is 1.74. The van der Waals surface area contributed by atoms with Gasteiger partial charge in [-0.1, -0.05) is 0 Å². The zero-order valence-electron chi connectivity index (χ0n) is 10.7. The lowest BCUT2D eigenvalue weighted by Gasteiger charge is -2.32. The second-order valence-electron chi connectivity index (χ2n) is 5.48. The topological polar surface area (TPSA) is 55.6 Å². The van der Waals surface area contributed by atoms with E-state index in [0.717, 1.165) is 32.5 Å². The van der Waals surface area contributed by atoms with Crippen molar-refractivity contribution in [1.29, 1.82) is 0 Å². The van der Waals surface area contributed by atoms with Crippen LogP contribution in [0.2, 0.25) is 0 Å². The lowest BCUT2D eigenvalue weighted by molar-refractivity contribution is -0.133. The molecule has 17 heavy (non-hydrogen) atoms. The van der Waals surface area contributed by atoms with Gasteiger partial charge in [-0.3, -0.25) is 4.79 Å². The first-order valence-corrected chi connectivity index (χ1v) is 6.73. The number of likely N-dealkylation sites (tertiary alicyclic amines) is 1. The summed E-state index contributed by atoms with van der Waals surface area (Å²) in [5.41, 5.74) is 5.99. The minimum absolute atomic E-state index is 0.0965. The second-order valence-corrected chi connectivity index (χ2v) is 5.48. The van der Waals surface area contributed by atoms with Crippen LogP contribution in [0.4, 0.5) is 0 Å². The average Bonchev–Trinajstić information content (AvgIpc) is 3.14. The van der Waals surface area contributed by atoms with Crippen LogP contribution in [0.5, 0.6) is 0 Å². The summed E-state index contributed by atoms with van der Waals surface area (Å²) in [6, 6.07) is 0.0965. The number of ether oxygens (including phenoxy) is 1. The van der Waals surface area contributed by atoms with Crippen LogP contribution in [0.15, 0.2) is 0 Å². The number of nitrogens with two attached hydrogens (primary N) is 1. The first kappa shape index (κ1) is 12.8. The van der Waals surface area contributed by atoms with Gasteiger partial charge in [0.05, 0.1) is 0 Å². The molecule has 0 bridgehead atoms. The highest BCUT2D eigenvalue weighted by Crippen LogP contribution is 2.33. The predicted octanol–water partition coefficient (Wildman–Crippen LogP) is 0.999. The number of carbonyl (C=O) groups is 1. The zero-order chi connectivity index (χ0) is 12.3. The molecule has 1 heterocycles. The SMILES string of the molecule is COCC1CCN(C(=O)CC(N)C2CC2)CC1. The van der Waals surface area contributed by atoms with Crippen LogP contribution >= 0.6 is 0 Å². The van der Waals surface area contributed by atoms with E-state index in [4.69, 9.17) is 10.5 Å². The lowest BCUT2D eigenvalue weighted by atomic mass is 9.97. The van der Waals surface area contributed by atoms with Crippen LogP contribution in [0.1, 0.15) is 32.1 Å². The van der Waals surface area contributed by atoms with Crippen LogP contribution in [-0.2, 0) is 9.53 Å². The Labute approximate surface area is 103 Å². The molecule has 1 aliphatic heterocycles. The molecule has 4 heteroatoms. The molecule has 1 atom stereocenters. The third-order valence-corrected chi connectivity index (χ3v) is 4.01. The molecular formula is C13H24N2O2. The van der Waals surface area contributed by atoms with E-state index in [0.29, 0.717) is 18.3 Å². The Hall–Kier alpha value is -0.610. The van der Waals surface area contributed by atoms with Gasteiger partial charge in [-0.2, -0.15) is 0 Å². The molecule has 98 valence electrons. The molecule has 1 unspecified atom stereocenters. The second kappa shape index (κ2) is 5.83. The van der Waals surface area contributed by atoms with Crippen molar-refractivity contribution in [2.75, 3.05) is 26.8 Å². The van der Waals surface area contributed by atoms with E-state index in [1.165, 1.54) is 12.8 Å². The normalized spacial score (nSPS) is 23.8. The van der Waals surface area contributed by atoms with Crippen LogP contribution < -0.4 is 5.73 Å². The number of nitrogens with zero attached hydrogens (tertiary/aromatic N) is 1. The molecular weight excluding hydrogens is 216 g/mol. The molecule has 0 aromatic carbocycles. The van der Waals surface area contributed by atoms with Gasteiger partial charge in [-0.15, -0.1) is 0 Å². The Bertz CT molecular complexity index is 258.